The Balaban J connectivity index is 2.28. The summed E-state index contributed by atoms with van der Waals surface area (Å²) >= 11 is 5.83. The fraction of sp³-hybridized carbons (Fsp3) is 0.250. The average Bonchev–Trinajstić information content (AvgIpc) is 2.46. The van der Waals surface area contributed by atoms with Crippen LogP contribution >= 0.6 is 11.6 Å². The van der Waals surface area contributed by atoms with Crippen LogP contribution in [0.1, 0.15) is 24.1 Å². The molecule has 0 fully saturated rings. The first-order valence-electron chi connectivity index (χ1n) is 6.63. The Kier molecular flexibility index (Phi) is 5.26. The highest BCUT2D eigenvalue weighted by molar-refractivity contribution is 6.30. The van der Waals surface area contributed by atoms with Gasteiger partial charge in [-0.25, -0.2) is 13.2 Å². The van der Waals surface area contributed by atoms with E-state index in [0.717, 1.165) is 17.7 Å². The number of halogens is 4. The maximum atomic E-state index is 13.4. The molecule has 2 aromatic rings. The summed E-state index contributed by atoms with van der Waals surface area (Å²) in [5.74, 6) is -3.80. The topological polar surface area (TPSA) is 12.0 Å². The highest BCUT2D eigenvalue weighted by Crippen LogP contribution is 2.23. The van der Waals surface area contributed by atoms with E-state index < -0.39 is 17.5 Å². The van der Waals surface area contributed by atoms with Gasteiger partial charge in [-0.15, -0.1) is 0 Å². The SMILES string of the molecule is CCNC(Cc1ccc(Cl)cc1)c1cc(F)c(F)c(F)c1. The minimum absolute atomic E-state index is 0.305. The Morgan fingerprint density at radius 3 is 2.14 bits per heavy atom. The average molecular weight is 314 g/mol. The van der Waals surface area contributed by atoms with E-state index in [2.05, 4.69) is 5.32 Å². The Hall–Kier alpha value is -1.52. The van der Waals surface area contributed by atoms with Crippen molar-refractivity contribution >= 4 is 11.6 Å². The third kappa shape index (κ3) is 3.99. The van der Waals surface area contributed by atoms with Crippen molar-refractivity contribution in [1.29, 1.82) is 0 Å². The van der Waals surface area contributed by atoms with Gasteiger partial charge in [0.2, 0.25) is 0 Å². The van der Waals surface area contributed by atoms with Crippen LogP contribution in [0.4, 0.5) is 13.2 Å². The van der Waals surface area contributed by atoms with Crippen LogP contribution in [0.2, 0.25) is 5.02 Å². The van der Waals surface area contributed by atoms with Gasteiger partial charge in [-0.2, -0.15) is 0 Å². The molecule has 0 aliphatic carbocycles. The Morgan fingerprint density at radius 1 is 1.05 bits per heavy atom. The zero-order valence-corrected chi connectivity index (χ0v) is 12.2. The number of benzene rings is 2. The molecule has 1 unspecified atom stereocenters. The van der Waals surface area contributed by atoms with Crippen LogP contribution in [-0.2, 0) is 6.42 Å². The second-order valence-corrected chi connectivity index (χ2v) is 5.18. The highest BCUT2D eigenvalue weighted by Gasteiger charge is 2.17. The van der Waals surface area contributed by atoms with E-state index in [1.165, 1.54) is 0 Å². The molecule has 2 rings (SSSR count). The third-order valence-electron chi connectivity index (χ3n) is 3.21. The van der Waals surface area contributed by atoms with Crippen LogP contribution in [0.15, 0.2) is 36.4 Å². The molecule has 0 radical (unpaired) electrons. The lowest BCUT2D eigenvalue weighted by molar-refractivity contribution is 0.439. The van der Waals surface area contributed by atoms with Crippen LogP contribution in [-0.4, -0.2) is 6.54 Å². The Bertz CT molecular complexity index is 590. The Labute approximate surface area is 126 Å². The third-order valence-corrected chi connectivity index (χ3v) is 3.46. The summed E-state index contributed by atoms with van der Waals surface area (Å²) in [6.45, 7) is 2.52. The second-order valence-electron chi connectivity index (χ2n) is 4.74. The molecule has 5 heteroatoms. The van der Waals surface area contributed by atoms with Crippen LogP contribution in [0.3, 0.4) is 0 Å². The van der Waals surface area contributed by atoms with E-state index in [1.54, 1.807) is 12.1 Å². The minimum Gasteiger partial charge on any atom is -0.310 e. The van der Waals surface area contributed by atoms with Crippen molar-refractivity contribution < 1.29 is 13.2 Å². The van der Waals surface area contributed by atoms with E-state index in [-0.39, 0.29) is 6.04 Å². The standard InChI is InChI=1S/C16H15ClF3N/c1-2-21-15(7-10-3-5-12(17)6-4-10)11-8-13(18)16(20)14(19)9-11/h3-6,8-9,15,21H,2,7H2,1H3. The van der Waals surface area contributed by atoms with E-state index in [0.29, 0.717) is 23.6 Å². The molecule has 0 aromatic heterocycles. The zero-order chi connectivity index (χ0) is 15.4. The van der Waals surface area contributed by atoms with E-state index in [1.807, 2.05) is 19.1 Å². The van der Waals surface area contributed by atoms with Gasteiger partial charge in [-0.1, -0.05) is 30.7 Å². The molecule has 2 aromatic carbocycles. The predicted molar refractivity (Wildman–Crippen MR) is 77.9 cm³/mol. The summed E-state index contributed by atoms with van der Waals surface area (Å²) in [6.07, 6.45) is 0.523. The van der Waals surface area contributed by atoms with Gasteiger partial charge in [0.15, 0.2) is 17.5 Å². The predicted octanol–water partition coefficient (Wildman–Crippen LogP) is 4.65. The molecule has 21 heavy (non-hydrogen) atoms. The highest BCUT2D eigenvalue weighted by atomic mass is 35.5. The molecule has 0 bridgehead atoms. The van der Waals surface area contributed by atoms with E-state index in [4.69, 9.17) is 11.6 Å². The first-order valence-corrected chi connectivity index (χ1v) is 7.01. The van der Waals surface area contributed by atoms with Crippen molar-refractivity contribution in [3.63, 3.8) is 0 Å². The summed E-state index contributed by atoms with van der Waals surface area (Å²) in [4.78, 5) is 0. The van der Waals surface area contributed by atoms with Crippen LogP contribution < -0.4 is 5.32 Å². The van der Waals surface area contributed by atoms with E-state index in [9.17, 15) is 13.2 Å². The summed E-state index contributed by atoms with van der Waals surface area (Å²) in [7, 11) is 0. The van der Waals surface area contributed by atoms with Crippen LogP contribution in [0.25, 0.3) is 0 Å². The molecular formula is C16H15ClF3N. The molecule has 0 amide bonds. The summed E-state index contributed by atoms with van der Waals surface area (Å²) in [6, 6.07) is 8.97. The number of nitrogens with one attached hydrogen (secondary N) is 1. The molecule has 0 aliphatic heterocycles. The largest absolute Gasteiger partial charge is 0.310 e. The van der Waals surface area contributed by atoms with E-state index >= 15 is 0 Å². The van der Waals surface area contributed by atoms with Gasteiger partial charge in [-0.3, -0.25) is 0 Å². The van der Waals surface area contributed by atoms with Crippen molar-refractivity contribution in [2.24, 2.45) is 0 Å². The first kappa shape index (κ1) is 15.9. The van der Waals surface area contributed by atoms with Crippen molar-refractivity contribution in [3.8, 4) is 0 Å². The minimum atomic E-state index is -1.44. The molecular weight excluding hydrogens is 299 g/mol. The molecule has 1 N–H and O–H groups in total. The van der Waals surface area contributed by atoms with Gasteiger partial charge < -0.3 is 5.32 Å². The maximum absolute atomic E-state index is 13.4. The molecule has 1 atom stereocenters. The fourth-order valence-electron chi connectivity index (χ4n) is 2.19. The molecule has 0 saturated carbocycles. The first-order chi connectivity index (χ1) is 10.0. The van der Waals surface area contributed by atoms with Gasteiger partial charge in [0.1, 0.15) is 0 Å². The number of rotatable bonds is 5. The van der Waals surface area contributed by atoms with Crippen molar-refractivity contribution in [2.45, 2.75) is 19.4 Å². The number of likely N-dealkylation sites (N-methyl/N-ethyl adjacent to an activating group) is 1. The van der Waals surface area contributed by atoms with Gasteiger partial charge in [0.25, 0.3) is 0 Å². The molecule has 0 saturated heterocycles. The lowest BCUT2D eigenvalue weighted by Crippen LogP contribution is -2.23. The van der Waals surface area contributed by atoms with Crippen LogP contribution in [0, 0.1) is 17.5 Å². The second kappa shape index (κ2) is 6.96. The number of hydrogen-bond donors (Lipinski definition) is 1. The molecule has 0 spiro atoms. The zero-order valence-electron chi connectivity index (χ0n) is 11.5. The van der Waals surface area contributed by atoms with Crippen molar-refractivity contribution in [1.82, 2.24) is 5.32 Å². The Morgan fingerprint density at radius 2 is 1.62 bits per heavy atom. The monoisotopic (exact) mass is 313 g/mol. The smallest absolute Gasteiger partial charge is 0.194 e. The quantitative estimate of drug-likeness (QED) is 0.792. The summed E-state index contributed by atoms with van der Waals surface area (Å²) in [5, 5.41) is 3.77. The van der Waals surface area contributed by atoms with Gasteiger partial charge in [0.05, 0.1) is 0 Å². The van der Waals surface area contributed by atoms with Gasteiger partial charge in [-0.05, 0) is 48.4 Å². The molecule has 0 aliphatic rings. The van der Waals surface area contributed by atoms with Crippen molar-refractivity contribution in [2.75, 3.05) is 6.54 Å². The lowest BCUT2D eigenvalue weighted by Gasteiger charge is -2.19. The van der Waals surface area contributed by atoms with Gasteiger partial charge in [0, 0.05) is 11.1 Å². The summed E-state index contributed by atoms with van der Waals surface area (Å²) in [5.41, 5.74) is 1.35. The normalized spacial score (nSPS) is 12.4. The maximum Gasteiger partial charge on any atom is 0.194 e. The lowest BCUT2D eigenvalue weighted by atomic mass is 9.98. The molecule has 112 valence electrons. The van der Waals surface area contributed by atoms with Gasteiger partial charge >= 0.3 is 0 Å². The number of hydrogen-bond acceptors (Lipinski definition) is 1. The molecule has 0 heterocycles. The summed E-state index contributed by atoms with van der Waals surface area (Å²) < 4.78 is 39.8. The van der Waals surface area contributed by atoms with Crippen LogP contribution in [0.5, 0.6) is 0 Å². The molecule has 1 nitrogen and oxygen atoms in total. The van der Waals surface area contributed by atoms with Crippen molar-refractivity contribution in [3.05, 3.63) is 70.0 Å². The fourth-order valence-corrected chi connectivity index (χ4v) is 2.31.